The Balaban J connectivity index is 2.36. The van der Waals surface area contributed by atoms with Gasteiger partial charge >= 0.3 is 0 Å². The van der Waals surface area contributed by atoms with E-state index in [2.05, 4.69) is 0 Å². The van der Waals surface area contributed by atoms with Crippen LogP contribution in [-0.4, -0.2) is 38.2 Å². The van der Waals surface area contributed by atoms with Crippen molar-refractivity contribution in [3.8, 4) is 0 Å². The number of nitrogens with one attached hydrogen (secondary N) is 1. The Kier molecular flexibility index (Phi) is 3.91. The number of nitrogens with zero attached hydrogens (tertiary/aromatic N) is 1. The van der Waals surface area contributed by atoms with E-state index in [4.69, 9.17) is 17.3 Å². The van der Waals surface area contributed by atoms with Gasteiger partial charge in [0.25, 0.3) is 0 Å². The summed E-state index contributed by atoms with van der Waals surface area (Å²) in [5, 5.41) is -0.0692. The van der Waals surface area contributed by atoms with Crippen LogP contribution in [0.2, 0.25) is 5.02 Å². The molecule has 3 N–H and O–H groups in total. The van der Waals surface area contributed by atoms with E-state index >= 15 is 0 Å². The van der Waals surface area contributed by atoms with Crippen LogP contribution in [0.3, 0.4) is 0 Å². The van der Waals surface area contributed by atoms with E-state index in [0.29, 0.717) is 0 Å². The van der Waals surface area contributed by atoms with Gasteiger partial charge in [0.1, 0.15) is 10.9 Å². The van der Waals surface area contributed by atoms with Crippen LogP contribution in [0.25, 0.3) is 0 Å². The molecule has 1 aromatic rings. The van der Waals surface area contributed by atoms with E-state index in [1.54, 1.807) is 0 Å². The Hall–Kier alpha value is -1.71. The van der Waals surface area contributed by atoms with Crippen LogP contribution in [-0.2, 0) is 19.6 Å². The van der Waals surface area contributed by atoms with Gasteiger partial charge in [-0.25, -0.2) is 12.8 Å². The third-order valence-electron chi connectivity index (χ3n) is 3.00. The van der Waals surface area contributed by atoms with Crippen molar-refractivity contribution < 1.29 is 22.4 Å². The summed E-state index contributed by atoms with van der Waals surface area (Å²) in [6.45, 7) is 0. The monoisotopic (exact) mass is 335 g/mol. The van der Waals surface area contributed by atoms with Crippen molar-refractivity contribution in [3.63, 3.8) is 0 Å². The minimum absolute atomic E-state index is 0.0692. The Morgan fingerprint density at radius 3 is 2.57 bits per heavy atom. The molecule has 1 aliphatic rings. The van der Waals surface area contributed by atoms with Crippen LogP contribution in [0.4, 0.5) is 10.1 Å². The number of nitrogen functional groups attached to an aromatic ring is 1. The van der Waals surface area contributed by atoms with Crippen LogP contribution in [0, 0.1) is 5.82 Å². The maximum absolute atomic E-state index is 13.8. The fourth-order valence-corrected chi connectivity index (χ4v) is 3.49. The quantitative estimate of drug-likeness (QED) is 0.601. The molecule has 114 valence electrons. The number of amides is 2. The van der Waals surface area contributed by atoms with Gasteiger partial charge in [-0.05, 0) is 12.1 Å². The molecule has 0 radical (unpaired) electrons. The molecule has 1 fully saturated rings. The Morgan fingerprint density at radius 2 is 2.05 bits per heavy atom. The number of halogens is 2. The molecule has 0 bridgehead atoms. The number of carbonyl (C=O) groups is 2. The zero-order valence-corrected chi connectivity index (χ0v) is 12.3. The van der Waals surface area contributed by atoms with Crippen molar-refractivity contribution in [1.82, 2.24) is 9.62 Å². The van der Waals surface area contributed by atoms with E-state index < -0.39 is 44.3 Å². The normalized spacial score (nSPS) is 19.4. The molecule has 0 aliphatic carbocycles. The van der Waals surface area contributed by atoms with Crippen molar-refractivity contribution in [2.24, 2.45) is 0 Å². The summed E-state index contributed by atoms with van der Waals surface area (Å²) in [6, 6.07) is 0.668. The molecule has 1 atom stereocenters. The van der Waals surface area contributed by atoms with E-state index in [9.17, 15) is 22.4 Å². The molecule has 1 aliphatic heterocycles. The number of likely N-dealkylation sites (tertiary alicyclic amines) is 1. The zero-order chi connectivity index (χ0) is 15.9. The smallest absolute Gasteiger partial charge is 0.247 e. The van der Waals surface area contributed by atoms with Crippen molar-refractivity contribution in [2.45, 2.75) is 17.4 Å². The average Bonchev–Trinajstić information content (AvgIpc) is 2.61. The van der Waals surface area contributed by atoms with Gasteiger partial charge in [-0.1, -0.05) is 11.6 Å². The zero-order valence-electron chi connectivity index (χ0n) is 10.8. The number of sulfonamides is 1. The van der Waals surface area contributed by atoms with E-state index in [0.717, 1.165) is 17.0 Å². The second kappa shape index (κ2) is 5.24. The molecular formula is C11H11ClFN3O4S. The lowest BCUT2D eigenvalue weighted by atomic mass is 10.3. The second-order valence-electron chi connectivity index (χ2n) is 4.48. The molecule has 1 aromatic carbocycles. The number of hydrogen-bond acceptors (Lipinski definition) is 5. The van der Waals surface area contributed by atoms with Crippen LogP contribution < -0.4 is 10.5 Å². The molecule has 1 unspecified atom stereocenters. The van der Waals surface area contributed by atoms with Crippen molar-refractivity contribution in [1.29, 1.82) is 0 Å². The topological polar surface area (TPSA) is 110 Å². The van der Waals surface area contributed by atoms with E-state index in [-0.39, 0.29) is 11.4 Å². The predicted octanol–water partition coefficient (Wildman–Crippen LogP) is 0.0969. The molecule has 2 amide bonds. The maximum atomic E-state index is 13.8. The first-order valence-corrected chi connectivity index (χ1v) is 7.57. The van der Waals surface area contributed by atoms with Gasteiger partial charge in [-0.3, -0.25) is 14.5 Å². The molecule has 21 heavy (non-hydrogen) atoms. The Labute approximate surface area is 124 Å². The first-order valence-electron chi connectivity index (χ1n) is 5.70. The SMILES string of the molecule is CN1C(=O)CC(NS(=O)(=O)c2cc(Cl)cc(N)c2F)C1=O. The number of likely N-dealkylation sites (N-methyl/N-ethyl adjacent to an activating group) is 1. The standard InChI is InChI=1S/C11H11ClFN3O4S/c1-16-9(17)4-7(11(16)18)15-21(19,20)8-3-5(12)2-6(14)10(8)13/h2-3,7,15H,4,14H2,1H3. The largest absolute Gasteiger partial charge is 0.396 e. The lowest BCUT2D eigenvalue weighted by Crippen LogP contribution is -2.40. The molecule has 0 spiro atoms. The highest BCUT2D eigenvalue weighted by Crippen LogP contribution is 2.26. The molecule has 1 heterocycles. The summed E-state index contributed by atoms with van der Waals surface area (Å²) in [5.74, 6) is -2.41. The summed E-state index contributed by atoms with van der Waals surface area (Å²) in [5.41, 5.74) is 4.88. The highest BCUT2D eigenvalue weighted by molar-refractivity contribution is 7.89. The highest BCUT2D eigenvalue weighted by atomic mass is 35.5. The highest BCUT2D eigenvalue weighted by Gasteiger charge is 2.39. The number of anilines is 1. The predicted molar refractivity (Wildman–Crippen MR) is 72.3 cm³/mol. The fraction of sp³-hybridized carbons (Fsp3) is 0.273. The second-order valence-corrected chi connectivity index (χ2v) is 6.59. The number of carbonyl (C=O) groups excluding carboxylic acids is 2. The minimum Gasteiger partial charge on any atom is -0.396 e. The third kappa shape index (κ3) is 2.85. The third-order valence-corrected chi connectivity index (χ3v) is 4.69. The van der Waals surface area contributed by atoms with Gasteiger partial charge in [-0.15, -0.1) is 0 Å². The lowest BCUT2D eigenvalue weighted by molar-refractivity contribution is -0.137. The molecule has 0 saturated carbocycles. The summed E-state index contributed by atoms with van der Waals surface area (Å²) in [6.07, 6.45) is -0.327. The van der Waals surface area contributed by atoms with Gasteiger partial charge in [0.2, 0.25) is 21.8 Å². The van der Waals surface area contributed by atoms with Gasteiger partial charge in [-0.2, -0.15) is 4.72 Å². The van der Waals surface area contributed by atoms with Crippen LogP contribution in [0.1, 0.15) is 6.42 Å². The van der Waals surface area contributed by atoms with Gasteiger partial charge in [0.15, 0.2) is 5.82 Å². The van der Waals surface area contributed by atoms with Gasteiger partial charge < -0.3 is 5.73 Å². The van der Waals surface area contributed by atoms with Gasteiger partial charge in [0, 0.05) is 12.1 Å². The van der Waals surface area contributed by atoms with Crippen molar-refractivity contribution >= 4 is 39.1 Å². The Morgan fingerprint density at radius 1 is 1.43 bits per heavy atom. The summed E-state index contributed by atoms with van der Waals surface area (Å²) >= 11 is 5.65. The molecule has 2 rings (SSSR count). The minimum atomic E-state index is -4.39. The number of hydrogen-bond donors (Lipinski definition) is 2. The molecule has 10 heteroatoms. The first kappa shape index (κ1) is 15.7. The number of imide groups is 1. The average molecular weight is 336 g/mol. The lowest BCUT2D eigenvalue weighted by Gasteiger charge is -2.13. The van der Waals surface area contributed by atoms with Crippen LogP contribution >= 0.6 is 11.6 Å². The number of rotatable bonds is 3. The summed E-state index contributed by atoms with van der Waals surface area (Å²) in [7, 11) is -3.16. The van der Waals surface area contributed by atoms with Crippen molar-refractivity contribution in [3.05, 3.63) is 23.0 Å². The molecular weight excluding hydrogens is 325 g/mol. The number of benzene rings is 1. The Bertz CT molecular complexity index is 737. The van der Waals surface area contributed by atoms with Crippen LogP contribution in [0.15, 0.2) is 17.0 Å². The van der Waals surface area contributed by atoms with Gasteiger partial charge in [0.05, 0.1) is 12.1 Å². The molecule has 0 aromatic heterocycles. The number of nitrogens with two attached hydrogens (primary N) is 1. The summed E-state index contributed by atoms with van der Waals surface area (Å²) in [4.78, 5) is 23.1. The molecule has 1 saturated heterocycles. The van der Waals surface area contributed by atoms with E-state index in [1.807, 2.05) is 4.72 Å². The molecule has 7 nitrogen and oxygen atoms in total. The van der Waals surface area contributed by atoms with E-state index in [1.165, 1.54) is 7.05 Å². The van der Waals surface area contributed by atoms with Crippen LogP contribution in [0.5, 0.6) is 0 Å². The maximum Gasteiger partial charge on any atom is 0.247 e. The van der Waals surface area contributed by atoms with Crippen molar-refractivity contribution in [2.75, 3.05) is 12.8 Å². The first-order chi connectivity index (χ1) is 9.63. The summed E-state index contributed by atoms with van der Waals surface area (Å²) < 4.78 is 40.1. The fourth-order valence-electron chi connectivity index (χ4n) is 1.88.